The van der Waals surface area contributed by atoms with E-state index in [0.29, 0.717) is 0 Å². The number of amides is 1. The zero-order chi connectivity index (χ0) is 20.0. The predicted molar refractivity (Wildman–Crippen MR) is 101 cm³/mol. The second-order valence-electron chi connectivity index (χ2n) is 8.56. The van der Waals surface area contributed by atoms with E-state index in [4.69, 9.17) is 9.57 Å². The molecule has 0 saturated carbocycles. The van der Waals surface area contributed by atoms with Crippen LogP contribution in [0.4, 0.5) is 4.79 Å². The van der Waals surface area contributed by atoms with Crippen molar-refractivity contribution in [1.29, 1.82) is 0 Å². The summed E-state index contributed by atoms with van der Waals surface area (Å²) < 4.78 is 6.85. The monoisotopic (exact) mass is 390 g/mol. The van der Waals surface area contributed by atoms with Crippen LogP contribution in [-0.2, 0) is 25.8 Å². The third-order valence-corrected chi connectivity index (χ3v) is 11.2. The average Bonchev–Trinajstić information content (AvgIpc) is 2.83. The van der Waals surface area contributed by atoms with Crippen molar-refractivity contribution in [2.24, 2.45) is 0 Å². The summed E-state index contributed by atoms with van der Waals surface area (Å²) in [7, 11) is -2.18. The van der Waals surface area contributed by atoms with Crippen molar-refractivity contribution in [2.75, 3.05) is 6.54 Å². The molecular weight excluding hydrogens is 364 g/mol. The van der Waals surface area contributed by atoms with Crippen LogP contribution < -0.4 is 0 Å². The van der Waals surface area contributed by atoms with E-state index in [1.54, 1.807) is 4.57 Å². The Morgan fingerprint density at radius 3 is 2.37 bits per heavy atom. The van der Waals surface area contributed by atoms with Crippen LogP contribution in [0, 0.1) is 0 Å². The number of ether oxygens (including phenoxy) is 1. The first-order chi connectivity index (χ1) is 12.5. The lowest BCUT2D eigenvalue weighted by Crippen LogP contribution is -2.77. The zero-order valence-electron chi connectivity index (χ0n) is 16.4. The summed E-state index contributed by atoms with van der Waals surface area (Å²) in [5, 5.41) is 1.10. The van der Waals surface area contributed by atoms with Crippen LogP contribution in [0.25, 0.3) is 0 Å². The second-order valence-corrected chi connectivity index (χ2v) is 13.7. The molecule has 1 amide bonds. The van der Waals surface area contributed by atoms with E-state index in [0.717, 1.165) is 5.56 Å². The van der Waals surface area contributed by atoms with E-state index in [-0.39, 0.29) is 29.9 Å². The second kappa shape index (κ2) is 6.76. The minimum atomic E-state index is -2.18. The number of Topliss-reactive ketones (excluding diaryl/α,β-unsaturated/α-hetero) is 1. The number of hydroxylamine groups is 2. The minimum absolute atomic E-state index is 0.0690. The van der Waals surface area contributed by atoms with Crippen LogP contribution in [0.2, 0.25) is 18.1 Å². The highest BCUT2D eigenvalue weighted by Gasteiger charge is 2.65. The first kappa shape index (κ1) is 19.6. The highest BCUT2D eigenvalue weighted by Crippen LogP contribution is 2.45. The van der Waals surface area contributed by atoms with Gasteiger partial charge in [0, 0.05) is 0 Å². The van der Waals surface area contributed by atoms with Crippen LogP contribution in [0.1, 0.15) is 26.3 Å². The first-order valence-corrected chi connectivity index (χ1v) is 12.0. The molecule has 2 heterocycles. The van der Waals surface area contributed by atoms with Crippen molar-refractivity contribution in [3.63, 3.8) is 0 Å². The fourth-order valence-electron chi connectivity index (χ4n) is 3.33. The van der Waals surface area contributed by atoms with Gasteiger partial charge in [-0.3, -0.25) is 9.59 Å². The Morgan fingerprint density at radius 2 is 1.78 bits per heavy atom. The summed E-state index contributed by atoms with van der Waals surface area (Å²) >= 11 is 0. The zero-order valence-corrected chi connectivity index (χ0v) is 17.4. The maximum absolute atomic E-state index is 12.8. The SMILES string of the molecule is CC(C)(C)[Si](C)(C)N1C(=O)[C@@H]2[C@H]1C(=O)CN2OC(=O)OCc1ccccc1. The number of hydrogen-bond acceptors (Lipinski definition) is 6. The third kappa shape index (κ3) is 3.39. The van der Waals surface area contributed by atoms with E-state index in [2.05, 4.69) is 33.9 Å². The quantitative estimate of drug-likeness (QED) is 0.447. The van der Waals surface area contributed by atoms with Crippen molar-refractivity contribution < 1.29 is 24.0 Å². The molecule has 3 rings (SSSR count). The minimum Gasteiger partial charge on any atom is -0.428 e. The van der Waals surface area contributed by atoms with E-state index < -0.39 is 26.5 Å². The molecule has 0 N–H and O–H groups in total. The van der Waals surface area contributed by atoms with Gasteiger partial charge in [-0.05, 0) is 10.6 Å². The van der Waals surface area contributed by atoms with Gasteiger partial charge in [-0.2, -0.15) is 0 Å². The molecule has 2 atom stereocenters. The molecule has 0 bridgehead atoms. The average molecular weight is 391 g/mol. The summed E-state index contributed by atoms with van der Waals surface area (Å²) in [5.41, 5.74) is 0.827. The fourth-order valence-corrected chi connectivity index (χ4v) is 5.72. The highest BCUT2D eigenvalue weighted by atomic mass is 28.3. The normalized spacial score (nSPS) is 23.1. The molecule has 0 aromatic heterocycles. The van der Waals surface area contributed by atoms with Crippen LogP contribution in [-0.4, -0.2) is 54.3 Å². The lowest BCUT2D eigenvalue weighted by molar-refractivity contribution is -0.179. The van der Waals surface area contributed by atoms with Crippen LogP contribution in [0.5, 0.6) is 0 Å². The van der Waals surface area contributed by atoms with Crippen molar-refractivity contribution in [1.82, 2.24) is 9.63 Å². The summed E-state index contributed by atoms with van der Waals surface area (Å²) in [4.78, 5) is 42.4. The Balaban J connectivity index is 1.63. The van der Waals surface area contributed by atoms with Gasteiger partial charge in [0.15, 0.2) is 20.1 Å². The summed E-state index contributed by atoms with van der Waals surface area (Å²) in [6.45, 7) is 10.4. The molecule has 1 aromatic rings. The van der Waals surface area contributed by atoms with Gasteiger partial charge >= 0.3 is 6.16 Å². The molecule has 7 nitrogen and oxygen atoms in total. The maximum atomic E-state index is 12.8. The van der Waals surface area contributed by atoms with Crippen LogP contribution in [0.3, 0.4) is 0 Å². The molecule has 8 heteroatoms. The summed E-state index contributed by atoms with van der Waals surface area (Å²) in [6.07, 6.45) is -0.911. The van der Waals surface area contributed by atoms with Gasteiger partial charge in [0.05, 0.1) is 6.54 Å². The van der Waals surface area contributed by atoms with Gasteiger partial charge in [-0.15, -0.1) is 5.06 Å². The van der Waals surface area contributed by atoms with Gasteiger partial charge in [0.1, 0.15) is 12.6 Å². The van der Waals surface area contributed by atoms with Gasteiger partial charge in [0.25, 0.3) is 0 Å². The molecule has 0 spiro atoms. The number of nitrogens with zero attached hydrogens (tertiary/aromatic N) is 2. The first-order valence-electron chi connectivity index (χ1n) is 9.05. The molecule has 2 fully saturated rings. The highest BCUT2D eigenvalue weighted by molar-refractivity contribution is 6.80. The Kier molecular flexibility index (Phi) is 4.90. The van der Waals surface area contributed by atoms with Gasteiger partial charge in [0.2, 0.25) is 5.91 Å². The summed E-state index contributed by atoms with van der Waals surface area (Å²) in [6, 6.07) is 7.96. The number of carbonyl (C=O) groups is 3. The molecular formula is C19H26N2O5Si. The lowest BCUT2D eigenvalue weighted by Gasteiger charge is -2.55. The van der Waals surface area contributed by atoms with Crippen molar-refractivity contribution in [2.45, 2.75) is 57.6 Å². The Bertz CT molecular complexity index is 759. The number of hydrogen-bond donors (Lipinski definition) is 0. The molecule has 2 aliphatic heterocycles. The Hall–Kier alpha value is -2.19. The molecule has 0 unspecified atom stereocenters. The van der Waals surface area contributed by atoms with E-state index in [1.165, 1.54) is 5.06 Å². The standard InChI is InChI=1S/C19H26N2O5Si/c1-19(2,3)27(4,5)21-15-14(22)11-20(16(15)17(21)23)26-18(24)25-12-13-9-7-6-8-10-13/h6-10,15-16H,11-12H2,1-5H3/t15-,16+/m1/s1. The molecule has 2 aliphatic rings. The smallest absolute Gasteiger partial charge is 0.428 e. The van der Waals surface area contributed by atoms with E-state index in [9.17, 15) is 14.4 Å². The topological polar surface area (TPSA) is 76.2 Å². The largest absolute Gasteiger partial charge is 0.528 e. The third-order valence-electron chi connectivity index (χ3n) is 5.85. The van der Waals surface area contributed by atoms with Gasteiger partial charge in [-0.1, -0.05) is 64.2 Å². The molecule has 1 aromatic carbocycles. The Labute approximate surface area is 160 Å². The molecule has 27 heavy (non-hydrogen) atoms. The number of rotatable bonds is 4. The van der Waals surface area contributed by atoms with Gasteiger partial charge < -0.3 is 14.1 Å². The molecule has 0 radical (unpaired) electrons. The van der Waals surface area contributed by atoms with Crippen molar-refractivity contribution >= 4 is 26.1 Å². The number of β-lactam (4-membered cyclic amide) rings is 1. The van der Waals surface area contributed by atoms with E-state index >= 15 is 0 Å². The van der Waals surface area contributed by atoms with Crippen molar-refractivity contribution in [3.8, 4) is 0 Å². The van der Waals surface area contributed by atoms with Crippen molar-refractivity contribution in [3.05, 3.63) is 35.9 Å². The van der Waals surface area contributed by atoms with Gasteiger partial charge in [-0.25, -0.2) is 4.79 Å². The molecule has 0 aliphatic carbocycles. The van der Waals surface area contributed by atoms with Crippen LogP contribution in [0.15, 0.2) is 30.3 Å². The van der Waals surface area contributed by atoms with Crippen LogP contribution >= 0.6 is 0 Å². The summed E-state index contributed by atoms with van der Waals surface area (Å²) in [5.74, 6) is -0.242. The number of benzene rings is 1. The fraction of sp³-hybridized carbons (Fsp3) is 0.526. The molecule has 146 valence electrons. The number of ketones is 1. The number of carbonyl (C=O) groups excluding carboxylic acids is 3. The predicted octanol–water partition coefficient (Wildman–Crippen LogP) is 2.72. The maximum Gasteiger partial charge on any atom is 0.528 e. The molecule has 2 saturated heterocycles. The lowest BCUT2D eigenvalue weighted by atomic mass is 10.00. The number of fused-ring (bicyclic) bond motifs is 1. The Morgan fingerprint density at radius 1 is 1.15 bits per heavy atom. The van der Waals surface area contributed by atoms with E-state index in [1.807, 2.05) is 30.3 Å².